The Morgan fingerprint density at radius 1 is 1.13 bits per heavy atom. The second kappa shape index (κ2) is 5.61. The van der Waals surface area contributed by atoms with Crippen LogP contribution >= 0.6 is 0 Å². The van der Waals surface area contributed by atoms with Gasteiger partial charge in [0.2, 0.25) is 0 Å². The van der Waals surface area contributed by atoms with Gasteiger partial charge in [0.15, 0.2) is 0 Å². The van der Waals surface area contributed by atoms with Crippen LogP contribution in [0.15, 0.2) is 54.6 Å². The summed E-state index contributed by atoms with van der Waals surface area (Å²) in [6.07, 6.45) is 0.771. The molecule has 1 N–H and O–H groups in total. The number of fused-ring (bicyclic) bond motifs is 2. The molecule has 0 bridgehead atoms. The average Bonchev–Trinajstić information content (AvgIpc) is 3.20. The van der Waals surface area contributed by atoms with E-state index in [1.54, 1.807) is 0 Å². The average molecular weight is 308 g/mol. The van der Waals surface area contributed by atoms with Crippen molar-refractivity contribution in [2.24, 2.45) is 0 Å². The molecule has 118 valence electrons. The van der Waals surface area contributed by atoms with E-state index in [2.05, 4.69) is 23.5 Å². The Hall–Kier alpha value is -2.49. The first kappa shape index (κ1) is 14.1. The van der Waals surface area contributed by atoms with Gasteiger partial charge >= 0.3 is 6.09 Å². The third kappa shape index (κ3) is 2.54. The van der Waals surface area contributed by atoms with Gasteiger partial charge in [0.25, 0.3) is 0 Å². The van der Waals surface area contributed by atoms with Crippen LogP contribution in [-0.2, 0) is 16.8 Å². The number of rotatable bonds is 2. The highest BCUT2D eigenvalue weighted by molar-refractivity contribution is 5.70. The fraction of sp³-hybridized carbons (Fsp3) is 0.316. The molecule has 1 fully saturated rings. The van der Waals surface area contributed by atoms with Gasteiger partial charge in [-0.1, -0.05) is 48.5 Å². The van der Waals surface area contributed by atoms with E-state index in [0.717, 1.165) is 31.6 Å². The van der Waals surface area contributed by atoms with Gasteiger partial charge in [-0.25, -0.2) is 4.79 Å². The number of anilines is 1. The Morgan fingerprint density at radius 3 is 2.78 bits per heavy atom. The molecule has 1 saturated heterocycles. The van der Waals surface area contributed by atoms with Crippen LogP contribution in [0.25, 0.3) is 0 Å². The lowest BCUT2D eigenvalue weighted by atomic mass is 9.82. The molecule has 2 aliphatic heterocycles. The molecule has 4 heteroatoms. The second-order valence-corrected chi connectivity index (χ2v) is 6.39. The van der Waals surface area contributed by atoms with E-state index in [9.17, 15) is 4.79 Å². The number of ether oxygens (including phenoxy) is 1. The molecule has 2 aliphatic rings. The zero-order valence-corrected chi connectivity index (χ0v) is 13.0. The molecule has 2 heterocycles. The molecule has 4 nitrogen and oxygen atoms in total. The molecule has 0 radical (unpaired) electrons. The summed E-state index contributed by atoms with van der Waals surface area (Å²) in [6.45, 7) is 2.71. The maximum Gasteiger partial charge on any atom is 0.410 e. The van der Waals surface area contributed by atoms with Gasteiger partial charge in [-0.3, -0.25) is 0 Å². The smallest absolute Gasteiger partial charge is 0.410 e. The number of carbonyl (C=O) groups excluding carboxylic acids is 1. The molecule has 1 amide bonds. The number of nitrogens with zero attached hydrogens (tertiary/aromatic N) is 1. The van der Waals surface area contributed by atoms with Gasteiger partial charge in [-0.2, -0.15) is 0 Å². The van der Waals surface area contributed by atoms with E-state index < -0.39 is 0 Å². The number of likely N-dealkylation sites (tertiary alicyclic amines) is 1. The minimum absolute atomic E-state index is 0.0440. The first-order chi connectivity index (χ1) is 11.3. The first-order valence-electron chi connectivity index (χ1n) is 8.06. The number of hydrogen-bond donors (Lipinski definition) is 1. The molecule has 1 unspecified atom stereocenters. The third-order valence-electron chi connectivity index (χ3n) is 4.93. The minimum atomic E-state index is -0.213. The fourth-order valence-electron chi connectivity index (χ4n) is 3.66. The molecule has 0 aliphatic carbocycles. The number of amides is 1. The number of hydrogen-bond acceptors (Lipinski definition) is 3. The highest BCUT2D eigenvalue weighted by Crippen LogP contribution is 2.43. The monoisotopic (exact) mass is 308 g/mol. The van der Waals surface area contributed by atoms with Crippen molar-refractivity contribution in [3.8, 4) is 0 Å². The van der Waals surface area contributed by atoms with Gasteiger partial charge in [-0.15, -0.1) is 0 Å². The summed E-state index contributed by atoms with van der Waals surface area (Å²) in [4.78, 5) is 14.2. The fourth-order valence-corrected chi connectivity index (χ4v) is 3.66. The Bertz CT molecular complexity index is 716. The third-order valence-corrected chi connectivity index (χ3v) is 4.93. The van der Waals surface area contributed by atoms with Crippen molar-refractivity contribution in [1.82, 2.24) is 4.90 Å². The zero-order chi connectivity index (χ0) is 15.7. The van der Waals surface area contributed by atoms with Gasteiger partial charge in [0.1, 0.15) is 6.61 Å². The van der Waals surface area contributed by atoms with Crippen LogP contribution in [0, 0.1) is 0 Å². The highest BCUT2D eigenvalue weighted by atomic mass is 16.6. The lowest BCUT2D eigenvalue weighted by molar-refractivity contribution is 0.102. The summed E-state index contributed by atoms with van der Waals surface area (Å²) in [5, 5.41) is 3.47. The molecule has 23 heavy (non-hydrogen) atoms. The molecule has 4 rings (SSSR count). The SMILES string of the molecule is O=C(OCc1ccccc1)N1CCC2(CNc3ccccc32)C1. The van der Waals surface area contributed by atoms with Crippen LogP contribution in [0.3, 0.4) is 0 Å². The molecule has 0 saturated carbocycles. The Labute approximate surface area is 136 Å². The molecule has 1 atom stereocenters. The number of nitrogens with one attached hydrogen (secondary N) is 1. The highest BCUT2D eigenvalue weighted by Gasteiger charge is 2.45. The van der Waals surface area contributed by atoms with E-state index in [1.807, 2.05) is 41.3 Å². The largest absolute Gasteiger partial charge is 0.445 e. The standard InChI is InChI=1S/C19H20N2O2/c22-18(23-12-15-6-2-1-3-7-15)21-11-10-19(14-21)13-20-17-9-5-4-8-16(17)19/h1-9,20H,10-14H2. The topological polar surface area (TPSA) is 41.6 Å². The van der Waals surface area contributed by atoms with Crippen molar-refractivity contribution in [2.45, 2.75) is 18.4 Å². The van der Waals surface area contributed by atoms with Crippen molar-refractivity contribution in [3.63, 3.8) is 0 Å². The van der Waals surface area contributed by atoms with Crippen molar-refractivity contribution >= 4 is 11.8 Å². The summed E-state index contributed by atoms with van der Waals surface area (Å²) in [5.41, 5.74) is 3.59. The van der Waals surface area contributed by atoms with E-state index in [1.165, 1.54) is 11.3 Å². The van der Waals surface area contributed by atoms with Crippen LogP contribution in [0.1, 0.15) is 17.5 Å². The van der Waals surface area contributed by atoms with E-state index in [0.29, 0.717) is 6.61 Å². The summed E-state index contributed by atoms with van der Waals surface area (Å²) in [5.74, 6) is 0. The van der Waals surface area contributed by atoms with Gasteiger partial charge in [0.05, 0.1) is 0 Å². The van der Waals surface area contributed by atoms with Crippen molar-refractivity contribution in [3.05, 3.63) is 65.7 Å². The van der Waals surface area contributed by atoms with Crippen molar-refractivity contribution in [1.29, 1.82) is 0 Å². The Morgan fingerprint density at radius 2 is 1.91 bits per heavy atom. The number of benzene rings is 2. The van der Waals surface area contributed by atoms with Crippen molar-refractivity contribution in [2.75, 3.05) is 25.0 Å². The first-order valence-corrected chi connectivity index (χ1v) is 8.06. The molecular weight excluding hydrogens is 288 g/mol. The van der Waals surface area contributed by atoms with Crippen LogP contribution in [-0.4, -0.2) is 30.6 Å². The van der Waals surface area contributed by atoms with Gasteiger partial charge in [-0.05, 0) is 23.6 Å². The second-order valence-electron chi connectivity index (χ2n) is 6.39. The lowest BCUT2D eigenvalue weighted by Gasteiger charge is -2.24. The molecule has 2 aromatic rings. The Kier molecular flexibility index (Phi) is 3.45. The van der Waals surface area contributed by atoms with Gasteiger partial charge < -0.3 is 15.0 Å². The number of para-hydroxylation sites is 1. The maximum atomic E-state index is 12.4. The van der Waals surface area contributed by atoms with Gasteiger partial charge in [0, 0.05) is 30.7 Å². The number of carbonyl (C=O) groups is 1. The summed E-state index contributed by atoms with van der Waals surface area (Å²) in [6, 6.07) is 18.2. The van der Waals surface area contributed by atoms with E-state index >= 15 is 0 Å². The summed E-state index contributed by atoms with van der Waals surface area (Å²) >= 11 is 0. The van der Waals surface area contributed by atoms with Crippen LogP contribution in [0.5, 0.6) is 0 Å². The molecule has 2 aromatic carbocycles. The summed E-state index contributed by atoms with van der Waals surface area (Å²) in [7, 11) is 0. The predicted octanol–water partition coefficient (Wildman–Crippen LogP) is 3.39. The van der Waals surface area contributed by atoms with Crippen LogP contribution in [0.4, 0.5) is 10.5 Å². The van der Waals surface area contributed by atoms with Crippen LogP contribution in [0.2, 0.25) is 0 Å². The summed E-state index contributed by atoms with van der Waals surface area (Å²) < 4.78 is 5.47. The minimum Gasteiger partial charge on any atom is -0.445 e. The predicted molar refractivity (Wildman–Crippen MR) is 89.4 cm³/mol. The molecule has 0 aromatic heterocycles. The van der Waals surface area contributed by atoms with Crippen LogP contribution < -0.4 is 5.32 Å². The van der Waals surface area contributed by atoms with E-state index in [-0.39, 0.29) is 11.5 Å². The molecular formula is C19H20N2O2. The molecule has 1 spiro atoms. The zero-order valence-electron chi connectivity index (χ0n) is 13.0. The lowest BCUT2D eigenvalue weighted by Crippen LogP contribution is -2.36. The normalized spacial score (nSPS) is 22.0. The van der Waals surface area contributed by atoms with E-state index in [4.69, 9.17) is 4.74 Å². The quantitative estimate of drug-likeness (QED) is 0.924. The van der Waals surface area contributed by atoms with Crippen molar-refractivity contribution < 1.29 is 9.53 Å². The maximum absolute atomic E-state index is 12.4. The Balaban J connectivity index is 1.42.